The number of nitrogens with zero attached hydrogens (tertiary/aromatic N) is 1. The summed E-state index contributed by atoms with van der Waals surface area (Å²) in [5, 5.41) is 15.1. The second-order valence-electron chi connectivity index (χ2n) is 8.77. The van der Waals surface area contributed by atoms with Crippen LogP contribution in [0, 0.1) is 12.3 Å². The Morgan fingerprint density at radius 1 is 1.24 bits per heavy atom. The predicted molar refractivity (Wildman–Crippen MR) is 135 cm³/mol. The molecule has 188 valence electrons. The molecule has 0 saturated heterocycles. The Balaban J connectivity index is 3.33. The molecule has 3 amide bonds. The van der Waals surface area contributed by atoms with Crippen molar-refractivity contribution in [3.63, 3.8) is 0 Å². The molecule has 1 rings (SSSR count). The number of amides is 3. The molecule has 0 fully saturated rings. The number of alkyl carbamates (subject to hydrolysis) is 1. The summed E-state index contributed by atoms with van der Waals surface area (Å²) in [6.07, 6.45) is 7.62. The Bertz CT molecular complexity index is 863. The second kappa shape index (κ2) is 14.5. The van der Waals surface area contributed by atoms with Crippen LogP contribution in [0.4, 0.5) is 4.79 Å². The third kappa shape index (κ3) is 9.27. The van der Waals surface area contributed by atoms with Gasteiger partial charge in [0.15, 0.2) is 0 Å². The minimum absolute atomic E-state index is 0.0401. The lowest BCUT2D eigenvalue weighted by Gasteiger charge is -2.34. The molecular weight excluding hydrogens is 454 g/mol. The van der Waals surface area contributed by atoms with Gasteiger partial charge in [-0.25, -0.2) is 4.79 Å². The highest BCUT2D eigenvalue weighted by Gasteiger charge is 2.36. The first-order valence-corrected chi connectivity index (χ1v) is 12.1. The summed E-state index contributed by atoms with van der Waals surface area (Å²) in [7, 11) is 0. The molecule has 0 aromatic heterocycles. The molecule has 2 unspecified atom stereocenters. The zero-order valence-corrected chi connectivity index (χ0v) is 21.4. The van der Waals surface area contributed by atoms with Crippen LogP contribution in [0.3, 0.4) is 0 Å². The van der Waals surface area contributed by atoms with Crippen LogP contribution in [0.25, 0.3) is 0 Å². The highest BCUT2D eigenvalue weighted by atomic mass is 32.1. The monoisotopic (exact) mass is 491 g/mol. The summed E-state index contributed by atoms with van der Waals surface area (Å²) < 4.78 is 5.26. The number of unbranched alkanes of at least 4 members (excludes halogenated alkanes) is 2. The molecule has 0 aliphatic heterocycles. The molecule has 2 atom stereocenters. The van der Waals surface area contributed by atoms with Gasteiger partial charge in [0.05, 0.1) is 6.61 Å². The SMILES string of the molecule is C#Cc1ccccc1C(C(=O)NCCCCC)N(CCO)C(=O)C(CS)NC(=O)OC(C)(C)C. The van der Waals surface area contributed by atoms with Crippen LogP contribution in [-0.4, -0.2) is 65.0 Å². The minimum atomic E-state index is -1.10. The molecule has 0 spiro atoms. The molecule has 0 radical (unpaired) electrons. The van der Waals surface area contributed by atoms with Crippen LogP contribution in [0.1, 0.15) is 64.1 Å². The van der Waals surface area contributed by atoms with Crippen molar-refractivity contribution in [2.45, 2.75) is 64.6 Å². The number of thiol groups is 1. The smallest absolute Gasteiger partial charge is 0.408 e. The van der Waals surface area contributed by atoms with Gasteiger partial charge in [0.2, 0.25) is 11.8 Å². The quantitative estimate of drug-likeness (QED) is 0.204. The number of carbonyl (C=O) groups is 3. The van der Waals surface area contributed by atoms with Gasteiger partial charge < -0.3 is 25.4 Å². The number of hydrogen-bond acceptors (Lipinski definition) is 6. The van der Waals surface area contributed by atoms with E-state index >= 15 is 0 Å². The van der Waals surface area contributed by atoms with E-state index in [-0.39, 0.29) is 12.3 Å². The molecule has 3 N–H and O–H groups in total. The largest absolute Gasteiger partial charge is 0.444 e. The molecular formula is C25H37N3O5S. The van der Waals surface area contributed by atoms with Crippen LogP contribution in [-0.2, 0) is 14.3 Å². The van der Waals surface area contributed by atoms with Gasteiger partial charge in [-0.1, -0.05) is 43.9 Å². The average Bonchev–Trinajstić information content (AvgIpc) is 2.78. The molecule has 0 aliphatic carbocycles. The first-order valence-electron chi connectivity index (χ1n) is 11.4. The fourth-order valence-corrected chi connectivity index (χ4v) is 3.56. The van der Waals surface area contributed by atoms with Crippen molar-refractivity contribution in [1.29, 1.82) is 0 Å². The van der Waals surface area contributed by atoms with Crippen LogP contribution >= 0.6 is 12.6 Å². The van der Waals surface area contributed by atoms with Crippen molar-refractivity contribution in [1.82, 2.24) is 15.5 Å². The summed E-state index contributed by atoms with van der Waals surface area (Å²) in [4.78, 5) is 40.4. The summed E-state index contributed by atoms with van der Waals surface area (Å²) in [6, 6.07) is 4.65. The predicted octanol–water partition coefficient (Wildman–Crippen LogP) is 2.66. The normalized spacial score (nSPS) is 12.7. The van der Waals surface area contributed by atoms with E-state index in [1.54, 1.807) is 45.0 Å². The summed E-state index contributed by atoms with van der Waals surface area (Å²) in [5.41, 5.74) is 0.149. The van der Waals surface area contributed by atoms with Gasteiger partial charge in [0, 0.05) is 24.4 Å². The maximum Gasteiger partial charge on any atom is 0.408 e. The van der Waals surface area contributed by atoms with Gasteiger partial charge in [0.1, 0.15) is 17.7 Å². The standard InChI is InChI=1S/C25H37N3O5S/c1-6-8-11-14-26-22(30)21(19-13-10-9-12-18(19)7-2)28(15-16-29)23(31)20(17-34)27-24(32)33-25(3,4)5/h2,9-10,12-13,20-21,29,34H,6,8,11,14-17H2,1,3-5H3,(H,26,30)(H,27,32). The Hall–Kier alpha value is -2.70. The average molecular weight is 492 g/mol. The minimum Gasteiger partial charge on any atom is -0.444 e. The zero-order chi connectivity index (χ0) is 25.7. The van der Waals surface area contributed by atoms with Crippen LogP contribution < -0.4 is 10.6 Å². The van der Waals surface area contributed by atoms with Crippen molar-refractivity contribution in [2.75, 3.05) is 25.4 Å². The van der Waals surface area contributed by atoms with E-state index in [1.165, 1.54) is 4.90 Å². The lowest BCUT2D eigenvalue weighted by Crippen LogP contribution is -2.54. The van der Waals surface area contributed by atoms with E-state index in [4.69, 9.17) is 11.2 Å². The Morgan fingerprint density at radius 3 is 2.47 bits per heavy atom. The van der Waals surface area contributed by atoms with Crippen molar-refractivity contribution in [3.05, 3.63) is 35.4 Å². The fraction of sp³-hybridized carbons (Fsp3) is 0.560. The third-order valence-corrected chi connectivity index (χ3v) is 5.21. The summed E-state index contributed by atoms with van der Waals surface area (Å²) in [5.74, 6) is 1.51. The van der Waals surface area contributed by atoms with E-state index < -0.39 is 42.2 Å². The Labute approximate surface area is 208 Å². The Morgan fingerprint density at radius 2 is 1.91 bits per heavy atom. The van der Waals surface area contributed by atoms with Crippen molar-refractivity contribution >= 4 is 30.5 Å². The van der Waals surface area contributed by atoms with E-state index in [0.29, 0.717) is 17.7 Å². The van der Waals surface area contributed by atoms with Crippen molar-refractivity contribution in [3.8, 4) is 12.3 Å². The number of rotatable bonds is 12. The van der Waals surface area contributed by atoms with Crippen LogP contribution in [0.15, 0.2) is 24.3 Å². The third-order valence-electron chi connectivity index (χ3n) is 4.85. The number of ether oxygens (including phenoxy) is 1. The van der Waals surface area contributed by atoms with Gasteiger partial charge in [-0.05, 0) is 38.8 Å². The topological polar surface area (TPSA) is 108 Å². The first kappa shape index (κ1) is 29.3. The van der Waals surface area contributed by atoms with Gasteiger partial charge in [-0.3, -0.25) is 9.59 Å². The molecule has 0 saturated carbocycles. The molecule has 0 heterocycles. The van der Waals surface area contributed by atoms with E-state index in [1.807, 2.05) is 0 Å². The lowest BCUT2D eigenvalue weighted by molar-refractivity contribution is -0.142. The number of terminal acetylenes is 1. The second-order valence-corrected chi connectivity index (χ2v) is 9.13. The highest BCUT2D eigenvalue weighted by molar-refractivity contribution is 7.80. The van der Waals surface area contributed by atoms with Crippen molar-refractivity contribution in [2.24, 2.45) is 0 Å². The summed E-state index contributed by atoms with van der Waals surface area (Å²) >= 11 is 4.22. The zero-order valence-electron chi connectivity index (χ0n) is 20.5. The highest BCUT2D eigenvalue weighted by Crippen LogP contribution is 2.25. The number of hydrogen-bond donors (Lipinski definition) is 4. The van der Waals surface area contributed by atoms with E-state index in [0.717, 1.165) is 19.3 Å². The van der Waals surface area contributed by atoms with E-state index in [9.17, 15) is 19.5 Å². The number of carbonyl (C=O) groups excluding carboxylic acids is 3. The van der Waals surface area contributed by atoms with Gasteiger partial charge in [-0.15, -0.1) is 6.42 Å². The van der Waals surface area contributed by atoms with E-state index in [2.05, 4.69) is 36.1 Å². The lowest BCUT2D eigenvalue weighted by atomic mass is 9.97. The number of aliphatic hydroxyl groups is 1. The fourth-order valence-electron chi connectivity index (χ4n) is 3.31. The van der Waals surface area contributed by atoms with Gasteiger partial charge in [0.25, 0.3) is 0 Å². The van der Waals surface area contributed by atoms with Gasteiger partial charge in [-0.2, -0.15) is 12.6 Å². The molecule has 1 aromatic carbocycles. The van der Waals surface area contributed by atoms with Gasteiger partial charge >= 0.3 is 6.09 Å². The molecule has 0 aliphatic rings. The molecule has 34 heavy (non-hydrogen) atoms. The molecule has 0 bridgehead atoms. The molecule has 1 aromatic rings. The Kier molecular flexibility index (Phi) is 12.5. The van der Waals surface area contributed by atoms with Crippen molar-refractivity contribution < 1.29 is 24.2 Å². The number of benzene rings is 1. The number of nitrogens with one attached hydrogen (secondary N) is 2. The maximum atomic E-state index is 13.5. The first-order chi connectivity index (χ1) is 16.1. The van der Waals surface area contributed by atoms with Crippen LogP contribution in [0.2, 0.25) is 0 Å². The number of aliphatic hydroxyl groups excluding tert-OH is 1. The molecule has 9 heteroatoms. The maximum absolute atomic E-state index is 13.5. The molecule has 8 nitrogen and oxygen atoms in total. The summed E-state index contributed by atoms with van der Waals surface area (Å²) in [6.45, 7) is 7.08. The van der Waals surface area contributed by atoms with Crippen LogP contribution in [0.5, 0.6) is 0 Å².